The third kappa shape index (κ3) is 8.48. The minimum absolute atomic E-state index is 0.128. The topological polar surface area (TPSA) is 58.4 Å². The van der Waals surface area contributed by atoms with Crippen molar-refractivity contribution >= 4 is 5.91 Å². The number of hydrogen-bond donors (Lipinski definition) is 2. The average molecular weight is 257 g/mol. The van der Waals surface area contributed by atoms with Crippen LogP contribution in [-0.2, 0) is 4.79 Å². The molecule has 0 aromatic carbocycles. The van der Waals surface area contributed by atoms with E-state index in [-0.39, 0.29) is 17.9 Å². The van der Waals surface area contributed by atoms with Gasteiger partial charge >= 0.3 is 0 Å². The van der Waals surface area contributed by atoms with E-state index in [0.29, 0.717) is 13.0 Å². The molecule has 0 spiro atoms. The molecule has 0 radical (unpaired) electrons. The molecule has 1 amide bonds. The summed E-state index contributed by atoms with van der Waals surface area (Å²) < 4.78 is 0. The quantitative estimate of drug-likeness (QED) is 0.625. The highest BCUT2D eigenvalue weighted by Gasteiger charge is 2.10. The normalized spacial score (nSPS) is 14.6. The van der Waals surface area contributed by atoms with Crippen LogP contribution in [0.5, 0.6) is 0 Å². The highest BCUT2D eigenvalue weighted by atomic mass is 16.1. The molecule has 4 nitrogen and oxygen atoms in total. The van der Waals surface area contributed by atoms with Crippen molar-refractivity contribution in [1.82, 2.24) is 10.2 Å². The first kappa shape index (κ1) is 17.4. The second kappa shape index (κ2) is 10.3. The fraction of sp³-hybridized carbons (Fsp3) is 0.929. The molecule has 18 heavy (non-hydrogen) atoms. The molecule has 0 rings (SSSR count). The van der Waals surface area contributed by atoms with Crippen LogP contribution in [0.25, 0.3) is 0 Å². The summed E-state index contributed by atoms with van der Waals surface area (Å²) in [5.41, 5.74) is 5.51. The van der Waals surface area contributed by atoms with Crippen molar-refractivity contribution in [3.8, 4) is 0 Å². The molecule has 0 saturated heterocycles. The highest BCUT2D eigenvalue weighted by molar-refractivity contribution is 5.76. The molecule has 0 bridgehead atoms. The van der Waals surface area contributed by atoms with Gasteiger partial charge in [-0.3, -0.25) is 4.79 Å². The number of rotatable bonds is 10. The SMILES string of the molecule is CCN(CC)CCCC(C)NC(=O)CC(C)CN. The minimum Gasteiger partial charge on any atom is -0.354 e. The van der Waals surface area contributed by atoms with Crippen molar-refractivity contribution in [1.29, 1.82) is 0 Å². The number of amides is 1. The molecular weight excluding hydrogens is 226 g/mol. The van der Waals surface area contributed by atoms with Gasteiger partial charge in [-0.25, -0.2) is 0 Å². The molecule has 0 aromatic heterocycles. The van der Waals surface area contributed by atoms with Gasteiger partial charge in [0.2, 0.25) is 5.91 Å². The van der Waals surface area contributed by atoms with Crippen LogP contribution >= 0.6 is 0 Å². The Labute approximate surface area is 112 Å². The maximum absolute atomic E-state index is 11.7. The van der Waals surface area contributed by atoms with E-state index in [0.717, 1.165) is 32.5 Å². The van der Waals surface area contributed by atoms with Gasteiger partial charge in [-0.1, -0.05) is 20.8 Å². The van der Waals surface area contributed by atoms with Crippen molar-refractivity contribution in [3.63, 3.8) is 0 Å². The maximum atomic E-state index is 11.7. The lowest BCUT2D eigenvalue weighted by atomic mass is 10.1. The fourth-order valence-electron chi connectivity index (χ4n) is 1.97. The lowest BCUT2D eigenvalue weighted by Crippen LogP contribution is -2.35. The van der Waals surface area contributed by atoms with E-state index in [1.807, 2.05) is 6.92 Å². The second-order valence-corrected chi connectivity index (χ2v) is 5.18. The lowest BCUT2D eigenvalue weighted by Gasteiger charge is -2.20. The Kier molecular flexibility index (Phi) is 9.98. The van der Waals surface area contributed by atoms with Gasteiger partial charge in [0.05, 0.1) is 0 Å². The largest absolute Gasteiger partial charge is 0.354 e. The molecule has 0 fully saturated rings. The standard InChI is InChI=1S/C14H31N3O/c1-5-17(6-2)9-7-8-13(4)16-14(18)10-12(3)11-15/h12-13H,5-11,15H2,1-4H3,(H,16,18). The summed E-state index contributed by atoms with van der Waals surface area (Å²) in [4.78, 5) is 14.1. The summed E-state index contributed by atoms with van der Waals surface area (Å²) in [5.74, 6) is 0.399. The smallest absolute Gasteiger partial charge is 0.220 e. The molecule has 0 heterocycles. The molecule has 108 valence electrons. The zero-order valence-electron chi connectivity index (χ0n) is 12.5. The first-order valence-corrected chi connectivity index (χ1v) is 7.25. The van der Waals surface area contributed by atoms with E-state index in [4.69, 9.17) is 5.73 Å². The predicted molar refractivity (Wildman–Crippen MR) is 77.5 cm³/mol. The highest BCUT2D eigenvalue weighted by Crippen LogP contribution is 2.02. The van der Waals surface area contributed by atoms with E-state index in [9.17, 15) is 4.79 Å². The lowest BCUT2D eigenvalue weighted by molar-refractivity contribution is -0.122. The Bertz CT molecular complexity index is 217. The van der Waals surface area contributed by atoms with Gasteiger partial charge in [-0.05, 0) is 51.9 Å². The molecule has 4 heteroatoms. The van der Waals surface area contributed by atoms with Crippen molar-refractivity contribution in [2.75, 3.05) is 26.2 Å². The van der Waals surface area contributed by atoms with Crippen LogP contribution in [0, 0.1) is 5.92 Å². The summed E-state index contributed by atoms with van der Waals surface area (Å²) in [7, 11) is 0. The summed E-state index contributed by atoms with van der Waals surface area (Å²) in [6, 6.07) is 0.262. The van der Waals surface area contributed by atoms with Gasteiger partial charge in [0.15, 0.2) is 0 Å². The summed E-state index contributed by atoms with van der Waals surface area (Å²) in [6.07, 6.45) is 2.71. The first-order chi connectivity index (χ1) is 8.53. The number of nitrogens with one attached hydrogen (secondary N) is 1. The van der Waals surface area contributed by atoms with Crippen LogP contribution in [0.1, 0.15) is 47.0 Å². The molecule has 2 unspecified atom stereocenters. The van der Waals surface area contributed by atoms with Gasteiger partial charge in [0, 0.05) is 12.5 Å². The molecule has 3 N–H and O–H groups in total. The van der Waals surface area contributed by atoms with Crippen LogP contribution in [0.3, 0.4) is 0 Å². The Hall–Kier alpha value is -0.610. The zero-order valence-corrected chi connectivity index (χ0v) is 12.5. The van der Waals surface area contributed by atoms with Crippen molar-refractivity contribution in [3.05, 3.63) is 0 Å². The van der Waals surface area contributed by atoms with Crippen LogP contribution in [0.2, 0.25) is 0 Å². The van der Waals surface area contributed by atoms with Crippen molar-refractivity contribution in [2.24, 2.45) is 11.7 Å². The maximum Gasteiger partial charge on any atom is 0.220 e. The number of nitrogens with two attached hydrogens (primary N) is 1. The zero-order chi connectivity index (χ0) is 14.0. The van der Waals surface area contributed by atoms with Gasteiger partial charge in [0.1, 0.15) is 0 Å². The van der Waals surface area contributed by atoms with Gasteiger partial charge < -0.3 is 16.0 Å². The second-order valence-electron chi connectivity index (χ2n) is 5.18. The van der Waals surface area contributed by atoms with Crippen LogP contribution in [0.4, 0.5) is 0 Å². The molecule has 0 aliphatic carbocycles. The van der Waals surface area contributed by atoms with E-state index >= 15 is 0 Å². The molecule has 0 aliphatic rings. The average Bonchev–Trinajstić information content (AvgIpc) is 2.34. The number of hydrogen-bond acceptors (Lipinski definition) is 3. The van der Waals surface area contributed by atoms with E-state index < -0.39 is 0 Å². The van der Waals surface area contributed by atoms with Crippen molar-refractivity contribution < 1.29 is 4.79 Å². The summed E-state index contributed by atoms with van der Waals surface area (Å²) in [6.45, 7) is 12.3. The summed E-state index contributed by atoms with van der Waals surface area (Å²) >= 11 is 0. The van der Waals surface area contributed by atoms with Gasteiger partial charge in [0.25, 0.3) is 0 Å². The molecule has 0 aromatic rings. The Morgan fingerprint density at radius 3 is 2.39 bits per heavy atom. The predicted octanol–water partition coefficient (Wildman–Crippen LogP) is 1.60. The van der Waals surface area contributed by atoms with Crippen molar-refractivity contribution in [2.45, 2.75) is 53.0 Å². The Balaban J connectivity index is 3.70. The van der Waals surface area contributed by atoms with E-state index in [1.165, 1.54) is 0 Å². The van der Waals surface area contributed by atoms with Gasteiger partial charge in [-0.15, -0.1) is 0 Å². The van der Waals surface area contributed by atoms with Gasteiger partial charge in [-0.2, -0.15) is 0 Å². The minimum atomic E-state index is 0.128. The van der Waals surface area contributed by atoms with Crippen LogP contribution < -0.4 is 11.1 Å². The summed E-state index contributed by atoms with van der Waals surface area (Å²) in [5, 5.41) is 3.04. The molecule has 0 saturated carbocycles. The number of carbonyl (C=O) groups excluding carboxylic acids is 1. The van der Waals surface area contributed by atoms with E-state index in [2.05, 4.69) is 31.0 Å². The Morgan fingerprint density at radius 1 is 1.28 bits per heavy atom. The van der Waals surface area contributed by atoms with Crippen LogP contribution in [0.15, 0.2) is 0 Å². The molecular formula is C14H31N3O. The van der Waals surface area contributed by atoms with Crippen LogP contribution in [-0.4, -0.2) is 43.0 Å². The third-order valence-electron chi connectivity index (χ3n) is 3.35. The number of nitrogens with zero attached hydrogens (tertiary/aromatic N) is 1. The monoisotopic (exact) mass is 257 g/mol. The van der Waals surface area contributed by atoms with E-state index in [1.54, 1.807) is 0 Å². The first-order valence-electron chi connectivity index (χ1n) is 7.25. The molecule has 0 aliphatic heterocycles. The third-order valence-corrected chi connectivity index (χ3v) is 3.35. The number of carbonyl (C=O) groups is 1. The Morgan fingerprint density at radius 2 is 1.89 bits per heavy atom. The fourth-order valence-corrected chi connectivity index (χ4v) is 1.97. The molecule has 2 atom stereocenters.